The fraction of sp³-hybridized carbons (Fsp3) is 0.364. The fourth-order valence-corrected chi connectivity index (χ4v) is 4.56. The highest BCUT2D eigenvalue weighted by Crippen LogP contribution is 2.23. The maximum Gasteiger partial charge on any atom is 0.258 e. The van der Waals surface area contributed by atoms with Gasteiger partial charge in [0.15, 0.2) is 0 Å². The number of amides is 1. The summed E-state index contributed by atoms with van der Waals surface area (Å²) < 4.78 is 32.4. The van der Waals surface area contributed by atoms with Gasteiger partial charge in [-0.1, -0.05) is 19.9 Å². The molecule has 2 aromatic rings. The first-order valence-electron chi connectivity index (χ1n) is 9.90. The Morgan fingerprint density at radius 1 is 1.07 bits per heavy atom. The van der Waals surface area contributed by atoms with Crippen molar-refractivity contribution in [1.29, 1.82) is 5.26 Å². The molecular formula is C22H27N3O4S. The van der Waals surface area contributed by atoms with E-state index in [9.17, 15) is 13.2 Å². The largest absolute Gasteiger partial charge is 0.494 e. The minimum absolute atomic E-state index is 0.0731. The second-order valence-corrected chi connectivity index (χ2v) is 8.35. The van der Waals surface area contributed by atoms with Gasteiger partial charge in [-0.3, -0.25) is 4.79 Å². The van der Waals surface area contributed by atoms with Crippen molar-refractivity contribution in [2.75, 3.05) is 31.1 Å². The van der Waals surface area contributed by atoms with E-state index in [2.05, 4.69) is 6.07 Å². The van der Waals surface area contributed by atoms with Crippen LogP contribution in [0.2, 0.25) is 0 Å². The van der Waals surface area contributed by atoms with Gasteiger partial charge in [-0.15, -0.1) is 0 Å². The Hall–Kier alpha value is -2.89. The summed E-state index contributed by atoms with van der Waals surface area (Å²) in [5, 5.41) is 9.00. The molecule has 0 radical (unpaired) electrons. The summed E-state index contributed by atoms with van der Waals surface area (Å²) in [6, 6.07) is 15.1. The van der Waals surface area contributed by atoms with Crippen LogP contribution in [0.25, 0.3) is 0 Å². The Morgan fingerprint density at radius 2 is 1.73 bits per heavy atom. The normalized spacial score (nSPS) is 11.2. The van der Waals surface area contributed by atoms with Gasteiger partial charge in [0.05, 0.1) is 24.0 Å². The van der Waals surface area contributed by atoms with Crippen LogP contribution in [-0.4, -0.2) is 44.9 Å². The lowest BCUT2D eigenvalue weighted by Crippen LogP contribution is -2.33. The molecule has 0 aliphatic rings. The summed E-state index contributed by atoms with van der Waals surface area (Å²) >= 11 is 0. The van der Waals surface area contributed by atoms with Crippen LogP contribution < -0.4 is 9.64 Å². The van der Waals surface area contributed by atoms with Gasteiger partial charge in [-0.2, -0.15) is 9.57 Å². The Balaban J connectivity index is 2.40. The van der Waals surface area contributed by atoms with Crippen molar-refractivity contribution in [2.24, 2.45) is 0 Å². The molecule has 0 aliphatic carbocycles. The number of hydrogen-bond donors (Lipinski definition) is 0. The molecule has 0 atom stereocenters. The summed E-state index contributed by atoms with van der Waals surface area (Å²) in [7, 11) is -3.68. The molecule has 2 aromatic carbocycles. The Morgan fingerprint density at radius 3 is 2.30 bits per heavy atom. The second-order valence-electron chi connectivity index (χ2n) is 6.41. The summed E-state index contributed by atoms with van der Waals surface area (Å²) in [6.07, 6.45) is 0.149. The van der Waals surface area contributed by atoms with Crippen LogP contribution in [-0.2, 0) is 10.0 Å². The molecule has 0 aromatic heterocycles. The van der Waals surface area contributed by atoms with E-state index in [1.54, 1.807) is 50.2 Å². The molecule has 30 heavy (non-hydrogen) atoms. The summed E-state index contributed by atoms with van der Waals surface area (Å²) in [6.45, 7) is 6.84. The number of carbonyl (C=O) groups is 1. The number of benzene rings is 2. The quantitative estimate of drug-likeness (QED) is 0.575. The molecule has 7 nitrogen and oxygen atoms in total. The highest BCUT2D eigenvalue weighted by atomic mass is 32.2. The molecule has 0 heterocycles. The van der Waals surface area contributed by atoms with Gasteiger partial charge >= 0.3 is 0 Å². The topological polar surface area (TPSA) is 90.7 Å². The van der Waals surface area contributed by atoms with E-state index in [1.807, 2.05) is 6.92 Å². The van der Waals surface area contributed by atoms with Crippen LogP contribution >= 0.6 is 0 Å². The van der Waals surface area contributed by atoms with Crippen molar-refractivity contribution in [1.82, 2.24) is 4.31 Å². The van der Waals surface area contributed by atoms with E-state index in [0.717, 1.165) is 0 Å². The van der Waals surface area contributed by atoms with E-state index in [0.29, 0.717) is 31.1 Å². The third-order valence-corrected chi connectivity index (χ3v) is 6.62. The molecule has 0 saturated carbocycles. The molecule has 0 saturated heterocycles. The molecule has 1 amide bonds. The summed E-state index contributed by atoms with van der Waals surface area (Å²) in [5.41, 5.74) is 0.853. The average Bonchev–Trinajstić information content (AvgIpc) is 2.76. The lowest BCUT2D eigenvalue weighted by molar-refractivity contribution is 0.0987. The van der Waals surface area contributed by atoms with Crippen LogP contribution in [0, 0.1) is 11.3 Å². The molecule has 2 rings (SSSR count). The molecule has 160 valence electrons. The zero-order chi connectivity index (χ0) is 22.1. The number of rotatable bonds is 10. The minimum Gasteiger partial charge on any atom is -0.494 e. The van der Waals surface area contributed by atoms with Crippen molar-refractivity contribution in [3.63, 3.8) is 0 Å². The summed E-state index contributed by atoms with van der Waals surface area (Å²) in [5.74, 6) is 0.312. The smallest absolute Gasteiger partial charge is 0.258 e. The number of nitrogens with zero attached hydrogens (tertiary/aromatic N) is 3. The first kappa shape index (κ1) is 23.4. The SMILES string of the molecule is CCOc1ccc(N(CCC#N)C(=O)c2cccc(S(=O)(=O)N(CC)CC)c2)cc1. The van der Waals surface area contributed by atoms with E-state index in [-0.39, 0.29) is 29.3 Å². The van der Waals surface area contributed by atoms with Crippen molar-refractivity contribution in [2.45, 2.75) is 32.1 Å². The first-order chi connectivity index (χ1) is 14.4. The van der Waals surface area contributed by atoms with E-state index < -0.39 is 10.0 Å². The zero-order valence-electron chi connectivity index (χ0n) is 17.5. The van der Waals surface area contributed by atoms with E-state index in [1.165, 1.54) is 21.3 Å². The fourth-order valence-electron chi connectivity index (χ4n) is 3.06. The van der Waals surface area contributed by atoms with Crippen molar-refractivity contribution in [3.05, 3.63) is 54.1 Å². The predicted octanol–water partition coefficient (Wildman–Crippen LogP) is 3.68. The van der Waals surface area contributed by atoms with Crippen molar-refractivity contribution in [3.8, 4) is 11.8 Å². The Labute approximate surface area is 178 Å². The van der Waals surface area contributed by atoms with Crippen LogP contribution in [0.1, 0.15) is 37.6 Å². The minimum atomic E-state index is -3.68. The van der Waals surface area contributed by atoms with E-state index in [4.69, 9.17) is 10.00 Å². The van der Waals surface area contributed by atoms with Gasteiger partial charge in [0.25, 0.3) is 5.91 Å². The van der Waals surface area contributed by atoms with Gasteiger partial charge in [-0.05, 0) is 49.4 Å². The number of ether oxygens (including phenoxy) is 1. The zero-order valence-corrected chi connectivity index (χ0v) is 18.4. The Bertz CT molecular complexity index is 994. The number of sulfonamides is 1. The Kier molecular flexibility index (Phi) is 8.39. The lowest BCUT2D eigenvalue weighted by atomic mass is 10.1. The molecule has 0 bridgehead atoms. The molecule has 0 aliphatic heterocycles. The van der Waals surface area contributed by atoms with Crippen LogP contribution in [0.5, 0.6) is 5.75 Å². The molecule has 8 heteroatoms. The van der Waals surface area contributed by atoms with Crippen LogP contribution in [0.4, 0.5) is 5.69 Å². The highest BCUT2D eigenvalue weighted by molar-refractivity contribution is 7.89. The monoisotopic (exact) mass is 429 g/mol. The molecular weight excluding hydrogens is 402 g/mol. The molecule has 0 fully saturated rings. The van der Waals surface area contributed by atoms with Crippen LogP contribution in [0.3, 0.4) is 0 Å². The number of hydrogen-bond acceptors (Lipinski definition) is 5. The predicted molar refractivity (Wildman–Crippen MR) is 116 cm³/mol. The number of nitriles is 1. The third kappa shape index (κ3) is 5.38. The molecule has 0 unspecified atom stereocenters. The van der Waals surface area contributed by atoms with Gasteiger partial charge in [-0.25, -0.2) is 8.42 Å². The number of carbonyl (C=O) groups excluding carboxylic acids is 1. The van der Waals surface area contributed by atoms with Gasteiger partial charge in [0.1, 0.15) is 5.75 Å². The van der Waals surface area contributed by atoms with Gasteiger partial charge in [0.2, 0.25) is 10.0 Å². The highest BCUT2D eigenvalue weighted by Gasteiger charge is 2.24. The van der Waals surface area contributed by atoms with Crippen molar-refractivity contribution >= 4 is 21.6 Å². The maximum atomic E-state index is 13.2. The van der Waals surface area contributed by atoms with Crippen molar-refractivity contribution < 1.29 is 17.9 Å². The molecule has 0 N–H and O–H groups in total. The summed E-state index contributed by atoms with van der Waals surface area (Å²) in [4.78, 5) is 14.8. The third-order valence-electron chi connectivity index (χ3n) is 4.58. The standard InChI is InChI=1S/C22H27N3O4S/c1-4-24(5-2)30(27,28)21-10-7-9-18(17-21)22(26)25(16-8-15-23)19-11-13-20(14-12-19)29-6-3/h7,9-14,17H,4-6,8,16H2,1-3H3. The van der Waals surface area contributed by atoms with Gasteiger partial charge < -0.3 is 9.64 Å². The lowest BCUT2D eigenvalue weighted by Gasteiger charge is -2.23. The first-order valence-corrected chi connectivity index (χ1v) is 11.3. The van der Waals surface area contributed by atoms with Gasteiger partial charge in [0, 0.05) is 30.9 Å². The maximum absolute atomic E-state index is 13.2. The second kappa shape index (κ2) is 10.8. The number of anilines is 1. The van der Waals surface area contributed by atoms with E-state index >= 15 is 0 Å². The van der Waals surface area contributed by atoms with Crippen LogP contribution in [0.15, 0.2) is 53.4 Å². The molecule has 0 spiro atoms. The average molecular weight is 430 g/mol.